The molecule has 0 spiro atoms. The summed E-state index contributed by atoms with van der Waals surface area (Å²) >= 11 is 14.9. The molecule has 20 heavy (non-hydrogen) atoms. The molecule has 1 N–H and O–H groups in total. The van der Waals surface area contributed by atoms with E-state index in [2.05, 4.69) is 56.2 Å². The van der Waals surface area contributed by atoms with Crippen molar-refractivity contribution < 1.29 is 4.74 Å². The van der Waals surface area contributed by atoms with Crippen molar-refractivity contribution in [2.45, 2.75) is 13.0 Å². The molecule has 0 fully saturated rings. The first-order chi connectivity index (χ1) is 9.56. The van der Waals surface area contributed by atoms with Gasteiger partial charge in [0.25, 0.3) is 0 Å². The molecule has 108 valence electrons. The van der Waals surface area contributed by atoms with E-state index >= 15 is 0 Å². The number of hydrogen-bond acceptors (Lipinski definition) is 3. The van der Waals surface area contributed by atoms with E-state index in [0.717, 1.165) is 26.1 Å². The van der Waals surface area contributed by atoms with Gasteiger partial charge in [-0.1, -0.05) is 18.5 Å². The minimum atomic E-state index is 0.0567. The van der Waals surface area contributed by atoms with Crippen LogP contribution in [0.5, 0.6) is 5.75 Å². The molecule has 0 amide bonds. The minimum Gasteiger partial charge on any atom is -0.495 e. The summed E-state index contributed by atoms with van der Waals surface area (Å²) in [4.78, 5) is 1.21. The van der Waals surface area contributed by atoms with Gasteiger partial charge in [-0.2, -0.15) is 0 Å². The summed E-state index contributed by atoms with van der Waals surface area (Å²) in [7, 11) is 1.67. The van der Waals surface area contributed by atoms with E-state index in [0.29, 0.717) is 5.02 Å². The number of thiophene rings is 1. The Morgan fingerprint density at radius 2 is 2.10 bits per heavy atom. The van der Waals surface area contributed by atoms with Crippen LogP contribution in [0.15, 0.2) is 32.5 Å². The van der Waals surface area contributed by atoms with Crippen LogP contribution in [0.1, 0.15) is 23.4 Å². The van der Waals surface area contributed by atoms with Gasteiger partial charge >= 0.3 is 0 Å². The van der Waals surface area contributed by atoms with Gasteiger partial charge in [0.1, 0.15) is 5.75 Å². The molecule has 0 radical (unpaired) electrons. The summed E-state index contributed by atoms with van der Waals surface area (Å²) in [5.41, 5.74) is 1.03. The Labute approximate surface area is 144 Å². The average molecular weight is 440 g/mol. The van der Waals surface area contributed by atoms with Crippen LogP contribution in [-0.4, -0.2) is 13.7 Å². The summed E-state index contributed by atoms with van der Waals surface area (Å²) in [5.74, 6) is 0.810. The summed E-state index contributed by atoms with van der Waals surface area (Å²) in [6.07, 6.45) is 0. The molecule has 1 aromatic heterocycles. The van der Waals surface area contributed by atoms with Gasteiger partial charge < -0.3 is 10.1 Å². The second-order valence-corrected chi connectivity index (χ2v) is 7.93. The van der Waals surface area contributed by atoms with Crippen LogP contribution in [0.3, 0.4) is 0 Å². The molecule has 0 saturated carbocycles. The number of ether oxygens (including phenoxy) is 1. The summed E-state index contributed by atoms with van der Waals surface area (Å²) < 4.78 is 7.50. The van der Waals surface area contributed by atoms with Crippen LogP contribution in [-0.2, 0) is 0 Å². The van der Waals surface area contributed by atoms with Gasteiger partial charge in [-0.15, -0.1) is 11.3 Å². The first kappa shape index (κ1) is 16.3. The number of halogens is 3. The Kier molecular flexibility index (Phi) is 5.93. The van der Waals surface area contributed by atoms with Gasteiger partial charge in [0.05, 0.1) is 21.4 Å². The predicted octanol–water partition coefficient (Wildman–Crippen LogP) is 5.63. The summed E-state index contributed by atoms with van der Waals surface area (Å²) in [6, 6.07) is 8.01. The van der Waals surface area contributed by atoms with Gasteiger partial charge in [0.2, 0.25) is 0 Å². The summed E-state index contributed by atoms with van der Waals surface area (Å²) in [6.45, 7) is 2.94. The van der Waals surface area contributed by atoms with E-state index in [-0.39, 0.29) is 6.04 Å². The molecule has 0 aliphatic rings. The van der Waals surface area contributed by atoms with Crippen molar-refractivity contribution in [1.82, 2.24) is 5.32 Å². The smallest absolute Gasteiger partial charge is 0.138 e. The van der Waals surface area contributed by atoms with Crippen molar-refractivity contribution in [3.05, 3.63) is 48.0 Å². The van der Waals surface area contributed by atoms with E-state index in [9.17, 15) is 0 Å². The lowest BCUT2D eigenvalue weighted by Gasteiger charge is -2.21. The highest BCUT2D eigenvalue weighted by atomic mass is 79.9. The van der Waals surface area contributed by atoms with E-state index in [1.807, 2.05) is 12.1 Å². The number of rotatable bonds is 5. The molecule has 2 aromatic rings. The molecule has 0 aliphatic carbocycles. The Balaban J connectivity index is 2.54. The molecule has 1 aromatic carbocycles. The Morgan fingerprint density at radius 1 is 1.35 bits per heavy atom. The fraction of sp³-hybridized carbons (Fsp3) is 0.286. The largest absolute Gasteiger partial charge is 0.495 e. The lowest BCUT2D eigenvalue weighted by molar-refractivity contribution is 0.402. The maximum absolute atomic E-state index is 6.20. The van der Waals surface area contributed by atoms with Crippen LogP contribution in [0, 0.1) is 0 Å². The average Bonchev–Trinajstić information content (AvgIpc) is 2.81. The maximum atomic E-state index is 6.20. The van der Waals surface area contributed by atoms with E-state index in [1.54, 1.807) is 18.4 Å². The molecular weight excluding hydrogens is 425 g/mol. The second-order valence-electron chi connectivity index (χ2n) is 4.14. The van der Waals surface area contributed by atoms with E-state index in [4.69, 9.17) is 16.3 Å². The standard InChI is InChI=1S/C14H14Br2ClNOS/c1-3-18-13(11-4-5-12(16)20-11)9-6-8(17)7-10(15)14(9)19-2/h4-7,13,18H,3H2,1-2H3. The first-order valence-electron chi connectivity index (χ1n) is 6.08. The predicted molar refractivity (Wildman–Crippen MR) is 93.2 cm³/mol. The zero-order valence-electron chi connectivity index (χ0n) is 11.0. The molecular formula is C14H14Br2ClNOS. The number of nitrogens with one attached hydrogen (secondary N) is 1. The Bertz CT molecular complexity index is 603. The molecule has 6 heteroatoms. The van der Waals surface area contributed by atoms with Crippen LogP contribution >= 0.6 is 54.8 Å². The molecule has 1 unspecified atom stereocenters. The van der Waals surface area contributed by atoms with Crippen LogP contribution < -0.4 is 10.1 Å². The van der Waals surface area contributed by atoms with Crippen molar-refractivity contribution in [3.63, 3.8) is 0 Å². The van der Waals surface area contributed by atoms with E-state index in [1.165, 1.54) is 4.88 Å². The Morgan fingerprint density at radius 3 is 2.65 bits per heavy atom. The van der Waals surface area contributed by atoms with Crippen molar-refractivity contribution in [2.75, 3.05) is 13.7 Å². The molecule has 1 heterocycles. The van der Waals surface area contributed by atoms with Crippen LogP contribution in [0.25, 0.3) is 0 Å². The van der Waals surface area contributed by atoms with Gasteiger partial charge in [-0.05, 0) is 62.7 Å². The van der Waals surface area contributed by atoms with Crippen LogP contribution in [0.4, 0.5) is 0 Å². The zero-order chi connectivity index (χ0) is 14.7. The van der Waals surface area contributed by atoms with E-state index < -0.39 is 0 Å². The third-order valence-corrected chi connectivity index (χ3v) is 5.33. The van der Waals surface area contributed by atoms with Gasteiger partial charge in [0, 0.05) is 15.5 Å². The number of methoxy groups -OCH3 is 1. The molecule has 2 rings (SSSR count). The van der Waals surface area contributed by atoms with Crippen molar-refractivity contribution in [2.24, 2.45) is 0 Å². The quantitative estimate of drug-likeness (QED) is 0.652. The van der Waals surface area contributed by atoms with Gasteiger partial charge in [-0.25, -0.2) is 0 Å². The molecule has 2 nitrogen and oxygen atoms in total. The second kappa shape index (κ2) is 7.27. The fourth-order valence-electron chi connectivity index (χ4n) is 2.06. The lowest BCUT2D eigenvalue weighted by Crippen LogP contribution is -2.21. The first-order valence-corrected chi connectivity index (χ1v) is 8.86. The van der Waals surface area contributed by atoms with Gasteiger partial charge in [-0.3, -0.25) is 0 Å². The minimum absolute atomic E-state index is 0.0567. The van der Waals surface area contributed by atoms with Crippen molar-refractivity contribution in [1.29, 1.82) is 0 Å². The SMILES string of the molecule is CCNC(c1ccc(Br)s1)c1cc(Cl)cc(Br)c1OC. The highest BCUT2D eigenvalue weighted by molar-refractivity contribution is 9.11. The normalized spacial score (nSPS) is 12.4. The highest BCUT2D eigenvalue weighted by Gasteiger charge is 2.21. The summed E-state index contributed by atoms with van der Waals surface area (Å²) in [5, 5.41) is 4.17. The number of benzene rings is 1. The Hall–Kier alpha value is -0.0700. The highest BCUT2D eigenvalue weighted by Crippen LogP contribution is 2.40. The third-order valence-electron chi connectivity index (χ3n) is 2.84. The fourth-order valence-corrected chi connectivity index (χ4v) is 4.58. The van der Waals surface area contributed by atoms with Crippen LogP contribution in [0.2, 0.25) is 5.02 Å². The maximum Gasteiger partial charge on any atom is 0.138 e. The van der Waals surface area contributed by atoms with Crippen molar-refractivity contribution >= 4 is 54.8 Å². The number of hydrogen-bond donors (Lipinski definition) is 1. The monoisotopic (exact) mass is 437 g/mol. The third kappa shape index (κ3) is 3.57. The zero-order valence-corrected chi connectivity index (χ0v) is 15.8. The molecule has 0 saturated heterocycles. The lowest BCUT2D eigenvalue weighted by atomic mass is 10.0. The molecule has 0 bridgehead atoms. The topological polar surface area (TPSA) is 21.3 Å². The molecule has 1 atom stereocenters. The van der Waals surface area contributed by atoms with Crippen molar-refractivity contribution in [3.8, 4) is 5.75 Å². The van der Waals surface area contributed by atoms with Gasteiger partial charge in [0.15, 0.2) is 0 Å². The molecule has 0 aliphatic heterocycles.